The van der Waals surface area contributed by atoms with Gasteiger partial charge in [0.1, 0.15) is 6.07 Å². The minimum atomic E-state index is 0.0960. The number of hydrogen-bond acceptors (Lipinski definition) is 2. The summed E-state index contributed by atoms with van der Waals surface area (Å²) in [4.78, 5) is 0. The smallest absolute Gasteiger partial charge is 0.103 e. The Kier molecular flexibility index (Phi) is 4.47. The first-order valence-electron chi connectivity index (χ1n) is 5.82. The van der Waals surface area contributed by atoms with Crippen LogP contribution in [0.4, 0.5) is 5.69 Å². The van der Waals surface area contributed by atoms with Crippen molar-refractivity contribution in [2.24, 2.45) is 0 Å². The van der Waals surface area contributed by atoms with Crippen LogP contribution in [0.5, 0.6) is 0 Å². The van der Waals surface area contributed by atoms with E-state index in [0.717, 1.165) is 15.7 Å². The molecule has 0 bridgehead atoms. The third-order valence-electron chi connectivity index (χ3n) is 2.87. The first-order valence-corrected chi connectivity index (χ1v) is 6.99. The van der Waals surface area contributed by atoms with Crippen LogP contribution in [0.15, 0.2) is 46.9 Å². The molecule has 2 aromatic rings. The van der Waals surface area contributed by atoms with Gasteiger partial charge in [-0.15, -0.1) is 0 Å². The number of nitrogens with zero attached hydrogens (tertiary/aromatic N) is 1. The zero-order valence-electron chi connectivity index (χ0n) is 10.3. The number of nitriles is 1. The molecule has 2 rings (SSSR count). The lowest BCUT2D eigenvalue weighted by Gasteiger charge is -2.17. The van der Waals surface area contributed by atoms with Gasteiger partial charge in [-0.2, -0.15) is 5.26 Å². The van der Waals surface area contributed by atoms with Crippen LogP contribution < -0.4 is 5.32 Å². The van der Waals surface area contributed by atoms with Crippen molar-refractivity contribution in [3.05, 3.63) is 63.1 Å². The fraction of sp³-hybridized carbons (Fsp3) is 0.133. The molecule has 0 saturated heterocycles. The topological polar surface area (TPSA) is 35.8 Å². The summed E-state index contributed by atoms with van der Waals surface area (Å²) in [6.07, 6.45) is 0. The lowest BCUT2D eigenvalue weighted by molar-refractivity contribution is 0.883. The van der Waals surface area contributed by atoms with E-state index in [2.05, 4.69) is 27.3 Å². The van der Waals surface area contributed by atoms with Gasteiger partial charge in [0.05, 0.1) is 16.3 Å². The number of benzene rings is 2. The zero-order valence-corrected chi connectivity index (χ0v) is 12.7. The molecule has 0 aliphatic rings. The van der Waals surface area contributed by atoms with Crippen molar-refractivity contribution in [1.82, 2.24) is 0 Å². The van der Waals surface area contributed by atoms with Crippen LogP contribution in [0.1, 0.15) is 24.1 Å². The first kappa shape index (κ1) is 13.9. The molecule has 0 aliphatic carbocycles. The lowest BCUT2D eigenvalue weighted by atomic mass is 10.1. The Labute approximate surface area is 126 Å². The average molecular weight is 336 g/mol. The van der Waals surface area contributed by atoms with Crippen molar-refractivity contribution >= 4 is 33.2 Å². The van der Waals surface area contributed by atoms with Gasteiger partial charge < -0.3 is 5.32 Å². The summed E-state index contributed by atoms with van der Waals surface area (Å²) in [5, 5.41) is 12.9. The minimum absolute atomic E-state index is 0.0960. The maximum Gasteiger partial charge on any atom is 0.103 e. The second-order valence-electron chi connectivity index (χ2n) is 4.19. The summed E-state index contributed by atoms with van der Waals surface area (Å²) in [6.45, 7) is 2.05. The molecule has 2 nitrogen and oxygen atoms in total. The van der Waals surface area contributed by atoms with E-state index in [1.165, 1.54) is 0 Å². The molecule has 0 saturated carbocycles. The van der Waals surface area contributed by atoms with Crippen molar-refractivity contribution in [3.63, 3.8) is 0 Å². The first-order chi connectivity index (χ1) is 9.11. The molecule has 0 radical (unpaired) electrons. The van der Waals surface area contributed by atoms with Crippen LogP contribution in [0, 0.1) is 11.3 Å². The van der Waals surface area contributed by atoms with Gasteiger partial charge in [0.15, 0.2) is 0 Å². The molecule has 0 fully saturated rings. The molecule has 1 atom stereocenters. The van der Waals surface area contributed by atoms with Crippen molar-refractivity contribution in [2.75, 3.05) is 5.32 Å². The summed E-state index contributed by atoms with van der Waals surface area (Å²) in [7, 11) is 0. The molecular weight excluding hydrogens is 324 g/mol. The van der Waals surface area contributed by atoms with Gasteiger partial charge in [0.25, 0.3) is 0 Å². The predicted molar refractivity (Wildman–Crippen MR) is 82.3 cm³/mol. The number of halogens is 2. The number of nitrogens with one attached hydrogen (secondary N) is 1. The Balaban J connectivity index is 2.24. The highest BCUT2D eigenvalue weighted by atomic mass is 79.9. The average Bonchev–Trinajstić information content (AvgIpc) is 2.39. The standard InChI is InChI=1S/C15H12BrClN2/c1-10(11-5-7-12(16)8-6-11)19-15-4-2-3-14(17)13(15)9-18/h2-8,10,19H,1H3. The van der Waals surface area contributed by atoms with E-state index in [0.29, 0.717) is 10.6 Å². The molecule has 0 aliphatic heterocycles. The highest BCUT2D eigenvalue weighted by Crippen LogP contribution is 2.27. The molecule has 0 amide bonds. The molecule has 0 heterocycles. The maximum absolute atomic E-state index is 9.14. The fourth-order valence-electron chi connectivity index (χ4n) is 1.83. The molecule has 19 heavy (non-hydrogen) atoms. The highest BCUT2D eigenvalue weighted by Gasteiger charge is 2.10. The van der Waals surface area contributed by atoms with Crippen LogP contribution in [0.2, 0.25) is 5.02 Å². The quantitative estimate of drug-likeness (QED) is 0.842. The Hall–Kier alpha value is -1.50. The number of rotatable bonds is 3. The maximum atomic E-state index is 9.14. The summed E-state index contributed by atoms with van der Waals surface area (Å²) in [5.74, 6) is 0. The molecule has 4 heteroatoms. The van der Waals surface area contributed by atoms with Gasteiger partial charge in [-0.05, 0) is 36.8 Å². The van der Waals surface area contributed by atoms with Crippen molar-refractivity contribution in [3.8, 4) is 6.07 Å². The van der Waals surface area contributed by atoms with Crippen LogP contribution in [-0.4, -0.2) is 0 Å². The van der Waals surface area contributed by atoms with E-state index in [1.807, 2.05) is 43.3 Å². The van der Waals surface area contributed by atoms with E-state index in [4.69, 9.17) is 16.9 Å². The second kappa shape index (κ2) is 6.10. The highest BCUT2D eigenvalue weighted by molar-refractivity contribution is 9.10. The van der Waals surface area contributed by atoms with Crippen LogP contribution in [0.3, 0.4) is 0 Å². The monoisotopic (exact) mass is 334 g/mol. The van der Waals surface area contributed by atoms with Gasteiger partial charge in [-0.1, -0.05) is 45.7 Å². The predicted octanol–water partition coefficient (Wildman–Crippen LogP) is 5.15. The Morgan fingerprint density at radius 3 is 2.53 bits per heavy atom. The molecule has 0 spiro atoms. The fourth-order valence-corrected chi connectivity index (χ4v) is 2.31. The van der Waals surface area contributed by atoms with Crippen LogP contribution in [0.25, 0.3) is 0 Å². The lowest BCUT2D eigenvalue weighted by Crippen LogP contribution is -2.07. The van der Waals surface area contributed by atoms with Crippen LogP contribution in [-0.2, 0) is 0 Å². The van der Waals surface area contributed by atoms with E-state index in [-0.39, 0.29) is 6.04 Å². The Morgan fingerprint density at radius 1 is 1.21 bits per heavy atom. The molecule has 96 valence electrons. The van der Waals surface area contributed by atoms with E-state index < -0.39 is 0 Å². The van der Waals surface area contributed by atoms with Gasteiger partial charge in [-0.25, -0.2) is 0 Å². The largest absolute Gasteiger partial charge is 0.377 e. The minimum Gasteiger partial charge on any atom is -0.377 e. The molecule has 1 unspecified atom stereocenters. The van der Waals surface area contributed by atoms with E-state index in [1.54, 1.807) is 6.07 Å². The summed E-state index contributed by atoms with van der Waals surface area (Å²) >= 11 is 9.42. The normalized spacial score (nSPS) is 11.7. The molecule has 0 aromatic heterocycles. The third kappa shape index (κ3) is 3.28. The van der Waals surface area contributed by atoms with Gasteiger partial charge in [0, 0.05) is 10.5 Å². The Bertz CT molecular complexity index is 617. The molecular formula is C15H12BrClN2. The zero-order chi connectivity index (χ0) is 13.8. The molecule has 2 aromatic carbocycles. The molecule has 1 N–H and O–H groups in total. The summed E-state index contributed by atoms with van der Waals surface area (Å²) < 4.78 is 1.05. The van der Waals surface area contributed by atoms with Crippen molar-refractivity contribution < 1.29 is 0 Å². The van der Waals surface area contributed by atoms with Gasteiger partial charge in [0.2, 0.25) is 0 Å². The number of hydrogen-bond donors (Lipinski definition) is 1. The second-order valence-corrected chi connectivity index (χ2v) is 5.51. The van der Waals surface area contributed by atoms with Crippen molar-refractivity contribution in [2.45, 2.75) is 13.0 Å². The van der Waals surface area contributed by atoms with E-state index in [9.17, 15) is 0 Å². The summed E-state index contributed by atoms with van der Waals surface area (Å²) in [5.41, 5.74) is 2.38. The number of anilines is 1. The van der Waals surface area contributed by atoms with Gasteiger partial charge in [-0.3, -0.25) is 0 Å². The van der Waals surface area contributed by atoms with Crippen LogP contribution >= 0.6 is 27.5 Å². The van der Waals surface area contributed by atoms with Crippen molar-refractivity contribution in [1.29, 1.82) is 5.26 Å². The van der Waals surface area contributed by atoms with Gasteiger partial charge >= 0.3 is 0 Å². The van der Waals surface area contributed by atoms with E-state index >= 15 is 0 Å². The Morgan fingerprint density at radius 2 is 1.89 bits per heavy atom. The summed E-state index contributed by atoms with van der Waals surface area (Å²) in [6, 6.07) is 15.7. The SMILES string of the molecule is CC(Nc1cccc(Cl)c1C#N)c1ccc(Br)cc1. The third-order valence-corrected chi connectivity index (χ3v) is 3.71.